The van der Waals surface area contributed by atoms with Crippen LogP contribution in [0.3, 0.4) is 0 Å². The standard InChI is InChI=1S/C17H16N6O/c1-2-6-12(7-3-1)24-11-16-21-15(22-23-16)10-18-17-19-13-8-4-5-9-14(13)20-17/h1-9H,10-11H2,(H2,18,19,20)(H,21,22,23). The lowest BCUT2D eigenvalue weighted by Gasteiger charge is -2.02. The number of ether oxygens (including phenoxy) is 1. The lowest BCUT2D eigenvalue weighted by Crippen LogP contribution is -2.03. The molecule has 7 nitrogen and oxygen atoms in total. The maximum atomic E-state index is 5.64. The molecule has 3 N–H and O–H groups in total. The zero-order chi connectivity index (χ0) is 16.2. The maximum Gasteiger partial charge on any atom is 0.201 e. The first kappa shape index (κ1) is 14.3. The summed E-state index contributed by atoms with van der Waals surface area (Å²) in [6.45, 7) is 0.823. The van der Waals surface area contributed by atoms with Crippen LogP contribution in [0, 0.1) is 0 Å². The van der Waals surface area contributed by atoms with E-state index in [1.807, 2.05) is 54.6 Å². The fourth-order valence-electron chi connectivity index (χ4n) is 2.35. The van der Waals surface area contributed by atoms with Crippen LogP contribution < -0.4 is 10.1 Å². The Labute approximate surface area is 138 Å². The Morgan fingerprint density at radius 3 is 2.67 bits per heavy atom. The summed E-state index contributed by atoms with van der Waals surface area (Å²) in [7, 11) is 0. The van der Waals surface area contributed by atoms with Gasteiger partial charge in [-0.15, -0.1) is 0 Å². The van der Waals surface area contributed by atoms with Gasteiger partial charge in [-0.3, -0.25) is 5.10 Å². The highest BCUT2D eigenvalue weighted by Gasteiger charge is 2.06. The minimum absolute atomic E-state index is 0.349. The molecule has 0 atom stereocenters. The van der Waals surface area contributed by atoms with E-state index >= 15 is 0 Å². The number of aromatic amines is 2. The van der Waals surface area contributed by atoms with E-state index in [9.17, 15) is 0 Å². The lowest BCUT2D eigenvalue weighted by molar-refractivity contribution is 0.296. The smallest absolute Gasteiger partial charge is 0.201 e. The molecule has 4 rings (SSSR count). The van der Waals surface area contributed by atoms with Gasteiger partial charge in [-0.25, -0.2) is 9.97 Å². The van der Waals surface area contributed by atoms with Crippen molar-refractivity contribution in [1.82, 2.24) is 25.1 Å². The Kier molecular flexibility index (Phi) is 3.81. The van der Waals surface area contributed by atoms with Gasteiger partial charge in [-0.1, -0.05) is 30.3 Å². The zero-order valence-electron chi connectivity index (χ0n) is 12.9. The number of para-hydroxylation sites is 3. The van der Waals surface area contributed by atoms with Crippen LogP contribution in [0.15, 0.2) is 54.6 Å². The van der Waals surface area contributed by atoms with Gasteiger partial charge in [0.05, 0.1) is 17.6 Å². The van der Waals surface area contributed by atoms with E-state index in [2.05, 4.69) is 30.5 Å². The number of hydrogen-bond acceptors (Lipinski definition) is 5. The number of imidazole rings is 1. The number of fused-ring (bicyclic) bond motifs is 1. The van der Waals surface area contributed by atoms with Gasteiger partial charge >= 0.3 is 0 Å². The molecule has 0 bridgehead atoms. The van der Waals surface area contributed by atoms with Crippen molar-refractivity contribution in [2.75, 3.05) is 5.32 Å². The molecule has 0 aliphatic heterocycles. The highest BCUT2D eigenvalue weighted by molar-refractivity contribution is 5.77. The van der Waals surface area contributed by atoms with E-state index in [0.29, 0.717) is 30.7 Å². The summed E-state index contributed by atoms with van der Waals surface area (Å²) in [6, 6.07) is 17.5. The van der Waals surface area contributed by atoms with Crippen LogP contribution in [0.25, 0.3) is 11.0 Å². The Hall–Kier alpha value is -3.35. The van der Waals surface area contributed by atoms with Crippen molar-refractivity contribution in [2.24, 2.45) is 0 Å². The van der Waals surface area contributed by atoms with E-state index < -0.39 is 0 Å². The molecule has 0 saturated carbocycles. The molecule has 24 heavy (non-hydrogen) atoms. The molecule has 0 saturated heterocycles. The van der Waals surface area contributed by atoms with Gasteiger partial charge in [0.2, 0.25) is 5.95 Å². The van der Waals surface area contributed by atoms with Crippen LogP contribution in [0.5, 0.6) is 5.75 Å². The van der Waals surface area contributed by atoms with E-state index in [-0.39, 0.29) is 0 Å². The van der Waals surface area contributed by atoms with Gasteiger partial charge in [0.1, 0.15) is 12.4 Å². The lowest BCUT2D eigenvalue weighted by atomic mass is 10.3. The number of hydrogen-bond donors (Lipinski definition) is 3. The highest BCUT2D eigenvalue weighted by atomic mass is 16.5. The fraction of sp³-hybridized carbons (Fsp3) is 0.118. The van der Waals surface area contributed by atoms with Crippen LogP contribution in [0.4, 0.5) is 5.95 Å². The second kappa shape index (κ2) is 6.41. The van der Waals surface area contributed by atoms with Crippen molar-refractivity contribution in [3.05, 3.63) is 66.2 Å². The normalized spacial score (nSPS) is 10.8. The highest BCUT2D eigenvalue weighted by Crippen LogP contribution is 2.14. The number of nitrogens with one attached hydrogen (secondary N) is 3. The molecule has 2 heterocycles. The molecule has 0 fully saturated rings. The predicted molar refractivity (Wildman–Crippen MR) is 90.6 cm³/mol. The molecule has 0 radical (unpaired) electrons. The average Bonchev–Trinajstić information content (AvgIpc) is 3.25. The molecule has 2 aromatic heterocycles. The van der Waals surface area contributed by atoms with Crippen LogP contribution in [0.2, 0.25) is 0 Å². The molecule has 2 aromatic carbocycles. The summed E-state index contributed by atoms with van der Waals surface area (Å²) < 4.78 is 5.64. The number of aromatic nitrogens is 5. The number of H-pyrrole nitrogens is 2. The minimum Gasteiger partial charge on any atom is -0.486 e. The van der Waals surface area contributed by atoms with Gasteiger partial charge in [0.15, 0.2) is 11.6 Å². The van der Waals surface area contributed by atoms with Crippen molar-refractivity contribution < 1.29 is 4.74 Å². The molecule has 0 aliphatic carbocycles. The van der Waals surface area contributed by atoms with Crippen molar-refractivity contribution in [2.45, 2.75) is 13.2 Å². The molecular formula is C17H16N6O. The van der Waals surface area contributed by atoms with Gasteiger partial charge in [-0.2, -0.15) is 5.10 Å². The summed E-state index contributed by atoms with van der Waals surface area (Å²) in [4.78, 5) is 12.1. The molecule has 0 spiro atoms. The zero-order valence-corrected chi connectivity index (χ0v) is 12.9. The van der Waals surface area contributed by atoms with E-state index in [1.165, 1.54) is 0 Å². The number of anilines is 1. The summed E-state index contributed by atoms with van der Waals surface area (Å²) in [5.41, 5.74) is 1.92. The fourth-order valence-corrected chi connectivity index (χ4v) is 2.35. The van der Waals surface area contributed by atoms with Crippen molar-refractivity contribution in [3.8, 4) is 5.75 Å². The average molecular weight is 320 g/mol. The van der Waals surface area contributed by atoms with Gasteiger partial charge in [-0.05, 0) is 24.3 Å². The third kappa shape index (κ3) is 3.19. The number of benzene rings is 2. The first-order chi connectivity index (χ1) is 11.9. The first-order valence-electron chi connectivity index (χ1n) is 7.63. The van der Waals surface area contributed by atoms with E-state index in [4.69, 9.17) is 4.74 Å². The Bertz CT molecular complexity index is 897. The number of rotatable bonds is 6. The maximum absolute atomic E-state index is 5.64. The monoisotopic (exact) mass is 320 g/mol. The van der Waals surface area contributed by atoms with Crippen LogP contribution in [0.1, 0.15) is 11.6 Å². The second-order valence-corrected chi connectivity index (χ2v) is 5.26. The molecule has 0 aliphatic rings. The largest absolute Gasteiger partial charge is 0.486 e. The Morgan fingerprint density at radius 1 is 0.958 bits per heavy atom. The van der Waals surface area contributed by atoms with Crippen LogP contribution in [-0.2, 0) is 13.2 Å². The molecule has 4 aromatic rings. The first-order valence-corrected chi connectivity index (χ1v) is 7.63. The minimum atomic E-state index is 0.349. The van der Waals surface area contributed by atoms with Gasteiger partial charge in [0.25, 0.3) is 0 Å². The summed E-state index contributed by atoms with van der Waals surface area (Å²) in [6.07, 6.45) is 0. The van der Waals surface area contributed by atoms with E-state index in [1.54, 1.807) is 0 Å². The van der Waals surface area contributed by atoms with Gasteiger partial charge in [0, 0.05) is 0 Å². The Morgan fingerprint density at radius 2 is 1.79 bits per heavy atom. The van der Waals surface area contributed by atoms with Crippen LogP contribution in [-0.4, -0.2) is 25.1 Å². The second-order valence-electron chi connectivity index (χ2n) is 5.26. The van der Waals surface area contributed by atoms with Crippen molar-refractivity contribution in [3.63, 3.8) is 0 Å². The molecule has 7 heteroatoms. The molecular weight excluding hydrogens is 304 g/mol. The summed E-state index contributed by atoms with van der Waals surface area (Å²) in [5, 5.41) is 10.2. The molecule has 0 amide bonds. The SMILES string of the molecule is c1ccc(OCc2nc(CNc3nc4ccccc4[nH]3)n[nH]2)cc1. The topological polar surface area (TPSA) is 91.5 Å². The summed E-state index contributed by atoms with van der Waals surface area (Å²) >= 11 is 0. The molecule has 0 unspecified atom stereocenters. The van der Waals surface area contributed by atoms with Gasteiger partial charge < -0.3 is 15.0 Å². The Balaban J connectivity index is 1.35. The third-order valence-corrected chi connectivity index (χ3v) is 3.50. The number of nitrogens with zero attached hydrogens (tertiary/aromatic N) is 3. The van der Waals surface area contributed by atoms with Crippen molar-refractivity contribution in [1.29, 1.82) is 0 Å². The quantitative estimate of drug-likeness (QED) is 0.508. The predicted octanol–water partition coefficient (Wildman–Crippen LogP) is 2.87. The van der Waals surface area contributed by atoms with E-state index in [0.717, 1.165) is 16.8 Å². The van der Waals surface area contributed by atoms with Crippen LogP contribution >= 0.6 is 0 Å². The summed E-state index contributed by atoms with van der Waals surface area (Å²) in [5.74, 6) is 2.83. The third-order valence-electron chi connectivity index (χ3n) is 3.50. The molecule has 120 valence electrons. The van der Waals surface area contributed by atoms with Crippen molar-refractivity contribution >= 4 is 17.0 Å².